The van der Waals surface area contributed by atoms with Crippen LogP contribution in [0.3, 0.4) is 0 Å². The predicted octanol–water partition coefficient (Wildman–Crippen LogP) is 3.27. The molecule has 4 aromatic rings. The molecule has 3 aromatic heterocycles. The number of rotatable bonds is 4. The van der Waals surface area contributed by atoms with Gasteiger partial charge in [-0.2, -0.15) is 5.10 Å². The largest absolute Gasteiger partial charge is 0.374 e. The second-order valence-electron chi connectivity index (χ2n) is 7.98. The molecule has 1 aromatic carbocycles. The predicted molar refractivity (Wildman–Crippen MR) is 128 cm³/mol. The number of hydrogen-bond donors (Lipinski definition) is 0. The molecule has 0 spiro atoms. The first-order chi connectivity index (χ1) is 15.9. The molecular formula is C23H22ClFN5O2P. The first kappa shape index (κ1) is 22.0. The molecule has 7 nitrogen and oxygen atoms in total. The number of carbonyl (C=O) groups is 1. The fourth-order valence-electron chi connectivity index (χ4n) is 4.23. The van der Waals surface area contributed by atoms with Crippen molar-refractivity contribution in [3.8, 4) is 16.9 Å². The second-order valence-corrected chi connectivity index (χ2v) is 9.04. The quantitative estimate of drug-likeness (QED) is 0.416. The summed E-state index contributed by atoms with van der Waals surface area (Å²) in [5.74, 6) is -0.389. The summed E-state index contributed by atoms with van der Waals surface area (Å²) in [5, 5.41) is 5.39. The number of carbonyl (C=O) groups excluding carboxylic acids is 1. The molecule has 1 saturated heterocycles. The Labute approximate surface area is 197 Å². The van der Waals surface area contributed by atoms with Gasteiger partial charge in [-0.05, 0) is 23.5 Å². The minimum Gasteiger partial charge on any atom is -0.374 e. The Morgan fingerprint density at radius 2 is 2.18 bits per heavy atom. The van der Waals surface area contributed by atoms with Crippen molar-refractivity contribution in [2.24, 2.45) is 0 Å². The highest BCUT2D eigenvalue weighted by atomic mass is 35.5. The lowest BCUT2D eigenvalue weighted by atomic mass is 10.0. The first-order valence-corrected chi connectivity index (χ1v) is 11.5. The average molecular weight is 486 g/mol. The molecule has 1 amide bonds. The fourth-order valence-corrected chi connectivity index (χ4v) is 4.83. The second kappa shape index (κ2) is 8.86. The molecular weight excluding hydrogens is 464 g/mol. The molecule has 0 radical (unpaired) electrons. The van der Waals surface area contributed by atoms with Crippen LogP contribution in [0.15, 0.2) is 48.9 Å². The van der Waals surface area contributed by atoms with Gasteiger partial charge in [0, 0.05) is 67.7 Å². The summed E-state index contributed by atoms with van der Waals surface area (Å²) in [5.41, 5.74) is 2.95. The van der Waals surface area contributed by atoms with Crippen LogP contribution < -0.4 is 5.30 Å². The van der Waals surface area contributed by atoms with Crippen molar-refractivity contribution in [3.63, 3.8) is 0 Å². The lowest BCUT2D eigenvalue weighted by Gasteiger charge is -2.32. The van der Waals surface area contributed by atoms with Gasteiger partial charge in [0.25, 0.3) is 0 Å². The van der Waals surface area contributed by atoms with Crippen molar-refractivity contribution in [2.45, 2.75) is 19.4 Å². The molecule has 0 aliphatic carbocycles. The molecule has 2 atom stereocenters. The van der Waals surface area contributed by atoms with Crippen LogP contribution in [0.4, 0.5) is 4.39 Å². The minimum atomic E-state index is -0.404. The lowest BCUT2D eigenvalue weighted by molar-refractivity contribution is -0.136. The average Bonchev–Trinajstić information content (AvgIpc) is 3.42. The summed E-state index contributed by atoms with van der Waals surface area (Å²) < 4.78 is 25.0. The van der Waals surface area contributed by atoms with Gasteiger partial charge in [0.2, 0.25) is 5.91 Å². The SMILES string of the molecule is CC(=O)N1CCO[C@@H](Cc2c(-c3c(F)cc(-n4cccn4)cc3P)nc3cc(Cl)ccn23)C1. The van der Waals surface area contributed by atoms with Gasteiger partial charge in [0.1, 0.15) is 11.5 Å². The van der Waals surface area contributed by atoms with Crippen LogP contribution in [0, 0.1) is 5.82 Å². The monoisotopic (exact) mass is 485 g/mol. The topological polar surface area (TPSA) is 64.7 Å². The molecule has 33 heavy (non-hydrogen) atoms. The van der Waals surface area contributed by atoms with Crippen LogP contribution in [-0.2, 0) is 16.0 Å². The molecule has 0 saturated carbocycles. The Balaban J connectivity index is 1.61. The zero-order valence-electron chi connectivity index (χ0n) is 17.9. The number of morpholine rings is 1. The minimum absolute atomic E-state index is 0.0148. The van der Waals surface area contributed by atoms with Crippen molar-refractivity contribution in [1.82, 2.24) is 24.1 Å². The third-order valence-corrected chi connectivity index (χ3v) is 6.49. The Morgan fingerprint density at radius 3 is 2.91 bits per heavy atom. The van der Waals surface area contributed by atoms with Crippen molar-refractivity contribution < 1.29 is 13.9 Å². The van der Waals surface area contributed by atoms with Crippen LogP contribution in [0.25, 0.3) is 22.6 Å². The van der Waals surface area contributed by atoms with E-state index in [1.807, 2.05) is 16.7 Å². The molecule has 1 aliphatic rings. The number of aromatic nitrogens is 4. The molecule has 0 N–H and O–H groups in total. The number of ether oxygens (including phenoxy) is 1. The molecule has 0 bridgehead atoms. The van der Waals surface area contributed by atoms with E-state index in [-0.39, 0.29) is 12.0 Å². The summed E-state index contributed by atoms with van der Waals surface area (Å²) in [7, 11) is 2.61. The first-order valence-electron chi connectivity index (χ1n) is 10.5. The molecule has 4 heterocycles. The Bertz CT molecular complexity index is 1320. The van der Waals surface area contributed by atoms with Crippen LogP contribution in [0.5, 0.6) is 0 Å². The molecule has 5 rings (SSSR count). The number of halogens is 2. The number of benzene rings is 1. The summed E-state index contributed by atoms with van der Waals surface area (Å²) in [6, 6.07) is 8.60. The van der Waals surface area contributed by atoms with Crippen LogP contribution >= 0.6 is 20.8 Å². The lowest BCUT2D eigenvalue weighted by Crippen LogP contribution is -2.45. The van der Waals surface area contributed by atoms with Crippen LogP contribution in [-0.4, -0.2) is 55.8 Å². The van der Waals surface area contributed by atoms with E-state index in [1.165, 1.54) is 6.07 Å². The number of hydrogen-bond acceptors (Lipinski definition) is 4. The van der Waals surface area contributed by atoms with Gasteiger partial charge in [-0.15, -0.1) is 9.24 Å². The van der Waals surface area contributed by atoms with Gasteiger partial charge < -0.3 is 14.0 Å². The maximum Gasteiger partial charge on any atom is 0.219 e. The summed E-state index contributed by atoms with van der Waals surface area (Å²) >= 11 is 6.20. The molecule has 1 fully saturated rings. The Kier molecular flexibility index (Phi) is 5.91. The highest BCUT2D eigenvalue weighted by Crippen LogP contribution is 2.31. The Morgan fingerprint density at radius 1 is 1.33 bits per heavy atom. The van der Waals surface area contributed by atoms with Gasteiger partial charge in [0.05, 0.1) is 29.8 Å². The van der Waals surface area contributed by atoms with E-state index in [2.05, 4.69) is 14.3 Å². The van der Waals surface area contributed by atoms with E-state index in [4.69, 9.17) is 21.3 Å². The molecule has 1 aliphatic heterocycles. The van der Waals surface area contributed by atoms with Crippen LogP contribution in [0.2, 0.25) is 5.02 Å². The van der Waals surface area contributed by atoms with Gasteiger partial charge >= 0.3 is 0 Å². The maximum absolute atomic E-state index is 15.5. The zero-order chi connectivity index (χ0) is 23.1. The summed E-state index contributed by atoms with van der Waals surface area (Å²) in [4.78, 5) is 18.4. The highest BCUT2D eigenvalue weighted by molar-refractivity contribution is 7.28. The fraction of sp³-hybridized carbons (Fsp3) is 0.261. The smallest absolute Gasteiger partial charge is 0.219 e. The zero-order valence-corrected chi connectivity index (χ0v) is 19.8. The number of fused-ring (bicyclic) bond motifs is 1. The Hall–Kier alpha value is -2.80. The van der Waals surface area contributed by atoms with Gasteiger partial charge in [-0.1, -0.05) is 11.6 Å². The van der Waals surface area contributed by atoms with Gasteiger partial charge in [-0.25, -0.2) is 14.1 Å². The van der Waals surface area contributed by atoms with Gasteiger partial charge in [0.15, 0.2) is 0 Å². The third kappa shape index (κ3) is 4.26. The molecule has 170 valence electrons. The van der Waals surface area contributed by atoms with Crippen molar-refractivity contribution >= 4 is 37.7 Å². The van der Waals surface area contributed by atoms with E-state index in [1.54, 1.807) is 47.1 Å². The highest BCUT2D eigenvalue weighted by Gasteiger charge is 2.27. The van der Waals surface area contributed by atoms with Crippen molar-refractivity contribution in [1.29, 1.82) is 0 Å². The van der Waals surface area contributed by atoms with E-state index in [9.17, 15) is 4.79 Å². The summed E-state index contributed by atoms with van der Waals surface area (Å²) in [6.45, 7) is 3.07. The molecule has 10 heteroatoms. The number of amides is 1. The van der Waals surface area contributed by atoms with Gasteiger partial charge in [-0.3, -0.25) is 4.79 Å². The standard InChI is InChI=1S/C23H22ClFN5O2P/c1-14(31)28-7-8-32-17(13-28)12-19-23(27-21-9-15(24)3-6-29(19)21)22-18(25)10-16(11-20(22)33)30-5-2-4-26-30/h2-6,9-11,17H,7-8,12-13,33H2,1H3/t17-/m0/s1. The number of pyridine rings is 1. The maximum atomic E-state index is 15.5. The molecule has 1 unspecified atom stereocenters. The number of nitrogens with zero attached hydrogens (tertiary/aromatic N) is 5. The van der Waals surface area contributed by atoms with Crippen molar-refractivity contribution in [2.75, 3.05) is 19.7 Å². The third-order valence-electron chi connectivity index (χ3n) is 5.80. The van der Waals surface area contributed by atoms with E-state index in [0.29, 0.717) is 59.0 Å². The summed E-state index contributed by atoms with van der Waals surface area (Å²) in [6.07, 6.45) is 5.47. The van der Waals surface area contributed by atoms with Crippen LogP contribution in [0.1, 0.15) is 12.6 Å². The number of imidazole rings is 1. The van der Waals surface area contributed by atoms with E-state index in [0.717, 1.165) is 5.69 Å². The normalized spacial score (nSPS) is 16.5. The van der Waals surface area contributed by atoms with Crippen molar-refractivity contribution in [3.05, 3.63) is 65.5 Å². The van der Waals surface area contributed by atoms with E-state index >= 15 is 4.39 Å². The van der Waals surface area contributed by atoms with E-state index < -0.39 is 5.82 Å².